The molecular formula is C17H21N3O4. The maximum atomic E-state index is 5.89. The highest BCUT2D eigenvalue weighted by molar-refractivity contribution is 5.48. The molecule has 0 radical (unpaired) electrons. The van der Waals surface area contributed by atoms with Crippen LogP contribution in [-0.4, -0.2) is 55.1 Å². The smallest absolute Gasteiger partial charge is 0.233 e. The molecule has 1 aromatic heterocycles. The van der Waals surface area contributed by atoms with E-state index in [1.807, 2.05) is 12.1 Å². The number of hydrogen-bond donors (Lipinski definition) is 0. The van der Waals surface area contributed by atoms with E-state index in [2.05, 4.69) is 21.1 Å². The topological polar surface area (TPSA) is 69.9 Å². The van der Waals surface area contributed by atoms with Gasteiger partial charge < -0.3 is 18.7 Å². The van der Waals surface area contributed by atoms with Gasteiger partial charge in [-0.15, -0.1) is 0 Å². The highest BCUT2D eigenvalue weighted by Crippen LogP contribution is 2.38. The van der Waals surface area contributed by atoms with Crippen molar-refractivity contribution >= 4 is 0 Å². The Morgan fingerprint density at radius 2 is 2.17 bits per heavy atom. The molecule has 1 atom stereocenters. The molecule has 4 rings (SSSR count). The second-order valence-electron chi connectivity index (χ2n) is 6.10. The van der Waals surface area contributed by atoms with E-state index in [1.54, 1.807) is 7.11 Å². The van der Waals surface area contributed by atoms with Crippen molar-refractivity contribution in [3.8, 4) is 11.5 Å². The van der Waals surface area contributed by atoms with Crippen LogP contribution in [0.1, 0.15) is 23.2 Å². The third-order valence-electron chi connectivity index (χ3n) is 4.48. The van der Waals surface area contributed by atoms with E-state index in [9.17, 15) is 0 Å². The Morgan fingerprint density at radius 1 is 1.29 bits per heavy atom. The first-order chi connectivity index (χ1) is 11.8. The Balaban J connectivity index is 1.45. The molecule has 1 fully saturated rings. The molecular weight excluding hydrogens is 310 g/mol. The fourth-order valence-electron chi connectivity index (χ4n) is 3.17. The Morgan fingerprint density at radius 3 is 3.00 bits per heavy atom. The van der Waals surface area contributed by atoms with E-state index in [-0.39, 0.29) is 5.92 Å². The van der Waals surface area contributed by atoms with Crippen molar-refractivity contribution < 1.29 is 18.7 Å². The molecule has 7 nitrogen and oxygen atoms in total. The maximum absolute atomic E-state index is 5.89. The van der Waals surface area contributed by atoms with Crippen molar-refractivity contribution in [1.29, 1.82) is 0 Å². The predicted octanol–water partition coefficient (Wildman–Crippen LogP) is 1.63. The summed E-state index contributed by atoms with van der Waals surface area (Å²) in [6.45, 7) is 4.56. The van der Waals surface area contributed by atoms with Gasteiger partial charge in [0.1, 0.15) is 6.61 Å². The number of fused-ring (bicyclic) bond motifs is 1. The molecule has 2 aromatic rings. The lowest BCUT2D eigenvalue weighted by molar-refractivity contribution is 0.0327. The Bertz CT molecular complexity index is 697. The fourth-order valence-corrected chi connectivity index (χ4v) is 3.17. The Hall–Kier alpha value is -2.12. The zero-order valence-electron chi connectivity index (χ0n) is 13.7. The van der Waals surface area contributed by atoms with Crippen molar-refractivity contribution in [2.75, 3.05) is 40.0 Å². The summed E-state index contributed by atoms with van der Waals surface area (Å²) < 4.78 is 22.1. The van der Waals surface area contributed by atoms with Crippen molar-refractivity contribution in [3.05, 3.63) is 35.5 Å². The SMILES string of the molecule is COc1cccc2c1OCC(c1nc(CN3CCOCC3)no1)C2. The maximum Gasteiger partial charge on any atom is 0.233 e. The molecule has 3 heterocycles. The molecule has 24 heavy (non-hydrogen) atoms. The largest absolute Gasteiger partial charge is 0.493 e. The highest BCUT2D eigenvalue weighted by Gasteiger charge is 2.28. The third kappa shape index (κ3) is 3.09. The summed E-state index contributed by atoms with van der Waals surface area (Å²) in [6.07, 6.45) is 0.811. The van der Waals surface area contributed by atoms with E-state index in [0.29, 0.717) is 19.0 Å². The van der Waals surface area contributed by atoms with Crippen LogP contribution in [0.15, 0.2) is 22.7 Å². The Labute approximate surface area is 140 Å². The standard InChI is InChI=1S/C17H21N3O4/c1-21-14-4-2-3-12-9-13(11-23-16(12)14)17-18-15(19-24-17)10-20-5-7-22-8-6-20/h2-4,13H,5-11H2,1H3. The Kier molecular flexibility index (Phi) is 4.36. The van der Waals surface area contributed by atoms with Crippen molar-refractivity contribution in [2.45, 2.75) is 18.9 Å². The van der Waals surface area contributed by atoms with Crippen LogP contribution in [0.5, 0.6) is 11.5 Å². The first-order valence-electron chi connectivity index (χ1n) is 8.25. The second-order valence-corrected chi connectivity index (χ2v) is 6.10. The van der Waals surface area contributed by atoms with Crippen LogP contribution in [0.2, 0.25) is 0 Å². The lowest BCUT2D eigenvalue weighted by atomic mass is 9.96. The lowest BCUT2D eigenvalue weighted by Gasteiger charge is -2.25. The zero-order chi connectivity index (χ0) is 16.4. The van der Waals surface area contributed by atoms with E-state index in [1.165, 1.54) is 0 Å². The zero-order valence-corrected chi connectivity index (χ0v) is 13.7. The predicted molar refractivity (Wildman–Crippen MR) is 85.3 cm³/mol. The van der Waals surface area contributed by atoms with E-state index >= 15 is 0 Å². The summed E-state index contributed by atoms with van der Waals surface area (Å²) >= 11 is 0. The number of benzene rings is 1. The number of aromatic nitrogens is 2. The first kappa shape index (κ1) is 15.4. The minimum atomic E-state index is 0.0792. The number of morpholine rings is 1. The molecule has 0 saturated carbocycles. The van der Waals surface area contributed by atoms with Crippen LogP contribution in [-0.2, 0) is 17.7 Å². The molecule has 1 saturated heterocycles. The number of methoxy groups -OCH3 is 1. The summed E-state index contributed by atoms with van der Waals surface area (Å²) in [6, 6.07) is 5.93. The average molecular weight is 331 g/mol. The molecule has 0 amide bonds. The summed E-state index contributed by atoms with van der Waals surface area (Å²) in [5.74, 6) is 3.04. The first-order valence-corrected chi connectivity index (χ1v) is 8.25. The van der Waals surface area contributed by atoms with E-state index < -0.39 is 0 Å². The molecule has 0 aliphatic carbocycles. The number of para-hydroxylation sites is 1. The summed E-state index contributed by atoms with van der Waals surface area (Å²) in [7, 11) is 1.65. The number of nitrogens with zero attached hydrogens (tertiary/aromatic N) is 3. The van der Waals surface area contributed by atoms with Gasteiger partial charge in [0.15, 0.2) is 17.3 Å². The van der Waals surface area contributed by atoms with Gasteiger partial charge >= 0.3 is 0 Å². The number of ether oxygens (including phenoxy) is 3. The number of rotatable bonds is 4. The van der Waals surface area contributed by atoms with Gasteiger partial charge in [0, 0.05) is 13.1 Å². The fraction of sp³-hybridized carbons (Fsp3) is 0.529. The minimum absolute atomic E-state index is 0.0792. The van der Waals surface area contributed by atoms with Gasteiger partial charge in [-0.2, -0.15) is 4.98 Å². The van der Waals surface area contributed by atoms with Crippen LogP contribution in [0.4, 0.5) is 0 Å². The van der Waals surface area contributed by atoms with E-state index in [0.717, 1.165) is 55.6 Å². The van der Waals surface area contributed by atoms with Gasteiger partial charge in [-0.05, 0) is 18.1 Å². The van der Waals surface area contributed by atoms with Gasteiger partial charge in [-0.25, -0.2) is 0 Å². The van der Waals surface area contributed by atoms with Gasteiger partial charge in [0.2, 0.25) is 5.89 Å². The van der Waals surface area contributed by atoms with Crippen LogP contribution in [0.25, 0.3) is 0 Å². The normalized spacial score (nSPS) is 21.1. The molecule has 0 bridgehead atoms. The average Bonchev–Trinajstić information content (AvgIpc) is 3.10. The molecule has 128 valence electrons. The van der Waals surface area contributed by atoms with Crippen molar-refractivity contribution in [1.82, 2.24) is 15.0 Å². The molecule has 1 unspecified atom stereocenters. The quantitative estimate of drug-likeness (QED) is 0.843. The molecule has 7 heteroatoms. The molecule has 2 aliphatic rings. The second kappa shape index (κ2) is 6.78. The molecule has 0 spiro atoms. The van der Waals surface area contributed by atoms with Gasteiger partial charge in [-0.1, -0.05) is 17.3 Å². The van der Waals surface area contributed by atoms with Crippen LogP contribution < -0.4 is 9.47 Å². The van der Waals surface area contributed by atoms with Crippen molar-refractivity contribution in [2.24, 2.45) is 0 Å². The van der Waals surface area contributed by atoms with E-state index in [4.69, 9.17) is 18.7 Å². The molecule has 0 N–H and O–H groups in total. The van der Waals surface area contributed by atoms with Gasteiger partial charge in [-0.3, -0.25) is 4.90 Å². The lowest BCUT2D eigenvalue weighted by Crippen LogP contribution is -2.35. The summed E-state index contributed by atoms with van der Waals surface area (Å²) in [4.78, 5) is 6.85. The van der Waals surface area contributed by atoms with Gasteiger partial charge in [0.25, 0.3) is 0 Å². The minimum Gasteiger partial charge on any atom is -0.493 e. The van der Waals surface area contributed by atoms with Crippen LogP contribution >= 0.6 is 0 Å². The third-order valence-corrected chi connectivity index (χ3v) is 4.48. The van der Waals surface area contributed by atoms with Crippen LogP contribution in [0.3, 0.4) is 0 Å². The highest BCUT2D eigenvalue weighted by atomic mass is 16.5. The van der Waals surface area contributed by atoms with Crippen molar-refractivity contribution in [3.63, 3.8) is 0 Å². The van der Waals surface area contributed by atoms with Crippen LogP contribution in [0, 0.1) is 0 Å². The van der Waals surface area contributed by atoms with Gasteiger partial charge in [0.05, 0.1) is 32.8 Å². The summed E-state index contributed by atoms with van der Waals surface area (Å²) in [5, 5.41) is 4.13. The monoisotopic (exact) mass is 331 g/mol. The molecule has 1 aromatic carbocycles. The summed E-state index contributed by atoms with van der Waals surface area (Å²) in [5.41, 5.74) is 1.11. The number of hydrogen-bond acceptors (Lipinski definition) is 7. The molecule has 2 aliphatic heterocycles.